The maximum Gasteiger partial charge on any atom is 0.223 e. The molecule has 0 saturated carbocycles. The van der Waals surface area contributed by atoms with Gasteiger partial charge in [-0.3, -0.25) is 4.79 Å². The third-order valence-electron chi connectivity index (χ3n) is 4.63. The Morgan fingerprint density at radius 3 is 2.90 bits per heavy atom. The second-order valence-corrected chi connectivity index (χ2v) is 6.13. The minimum Gasteiger partial charge on any atom is -0.317 e. The van der Waals surface area contributed by atoms with E-state index in [1.54, 1.807) is 6.92 Å². The van der Waals surface area contributed by atoms with Crippen molar-refractivity contribution in [2.45, 2.75) is 39.0 Å². The highest BCUT2D eigenvalue weighted by Crippen LogP contribution is 2.30. The van der Waals surface area contributed by atoms with Crippen LogP contribution in [0.2, 0.25) is 0 Å². The van der Waals surface area contributed by atoms with Crippen molar-refractivity contribution < 1.29 is 4.79 Å². The number of hydrogen-bond acceptors (Lipinski definition) is 2. The van der Waals surface area contributed by atoms with E-state index >= 15 is 0 Å². The summed E-state index contributed by atoms with van der Waals surface area (Å²) in [6.45, 7) is 4.85. The summed E-state index contributed by atoms with van der Waals surface area (Å²) in [6.07, 6.45) is 5.88. The molecule has 0 spiro atoms. The molecule has 0 aliphatic carbocycles. The van der Waals surface area contributed by atoms with Crippen LogP contribution in [0, 0.1) is 5.92 Å². The molecule has 1 aromatic carbocycles. The first-order valence-corrected chi connectivity index (χ1v) is 7.84. The van der Waals surface area contributed by atoms with Crippen LogP contribution in [0.1, 0.15) is 37.3 Å². The predicted molar refractivity (Wildman–Crippen MR) is 82.1 cm³/mol. The Kier molecular flexibility index (Phi) is 4.06. The van der Waals surface area contributed by atoms with Crippen LogP contribution in [-0.4, -0.2) is 25.5 Å². The van der Waals surface area contributed by atoms with Gasteiger partial charge in [-0.2, -0.15) is 0 Å². The number of hydrogen-bond donors (Lipinski definition) is 1. The summed E-state index contributed by atoms with van der Waals surface area (Å²) in [4.78, 5) is 13.7. The Balaban J connectivity index is 1.79. The summed E-state index contributed by atoms with van der Waals surface area (Å²) >= 11 is 0. The van der Waals surface area contributed by atoms with E-state index in [1.807, 2.05) is 4.90 Å². The van der Waals surface area contributed by atoms with Gasteiger partial charge in [0.25, 0.3) is 0 Å². The summed E-state index contributed by atoms with van der Waals surface area (Å²) < 4.78 is 0. The smallest absolute Gasteiger partial charge is 0.223 e. The second-order valence-electron chi connectivity index (χ2n) is 6.13. The first-order valence-electron chi connectivity index (χ1n) is 7.84. The van der Waals surface area contributed by atoms with E-state index in [0.717, 1.165) is 50.5 Å². The van der Waals surface area contributed by atoms with E-state index in [4.69, 9.17) is 0 Å². The maximum absolute atomic E-state index is 11.8. The monoisotopic (exact) mass is 272 g/mol. The Labute approximate surface area is 121 Å². The Hall–Kier alpha value is -1.35. The number of nitrogens with one attached hydrogen (secondary N) is 1. The molecule has 0 aromatic heterocycles. The van der Waals surface area contributed by atoms with Crippen LogP contribution in [-0.2, 0) is 17.6 Å². The molecule has 0 unspecified atom stereocenters. The van der Waals surface area contributed by atoms with E-state index in [1.165, 1.54) is 24.0 Å². The second kappa shape index (κ2) is 5.96. The van der Waals surface area contributed by atoms with Gasteiger partial charge in [-0.05, 0) is 68.3 Å². The van der Waals surface area contributed by atoms with Gasteiger partial charge < -0.3 is 10.2 Å². The molecule has 1 amide bonds. The highest BCUT2D eigenvalue weighted by atomic mass is 16.2. The molecule has 0 radical (unpaired) electrons. The molecule has 1 saturated heterocycles. The molecular weight excluding hydrogens is 248 g/mol. The zero-order chi connectivity index (χ0) is 13.9. The summed E-state index contributed by atoms with van der Waals surface area (Å²) in [7, 11) is 0. The van der Waals surface area contributed by atoms with E-state index in [-0.39, 0.29) is 5.91 Å². The molecule has 0 bridgehead atoms. The largest absolute Gasteiger partial charge is 0.317 e. The normalized spacial score (nSPS) is 19.8. The quantitative estimate of drug-likeness (QED) is 0.897. The fraction of sp³-hybridized carbons (Fsp3) is 0.588. The van der Waals surface area contributed by atoms with Crippen molar-refractivity contribution >= 4 is 11.6 Å². The molecular formula is C17H24N2O. The fourth-order valence-electron chi connectivity index (χ4n) is 3.49. The number of fused-ring (bicyclic) bond motifs is 1. The summed E-state index contributed by atoms with van der Waals surface area (Å²) in [5, 5.41) is 3.42. The number of benzene rings is 1. The van der Waals surface area contributed by atoms with Crippen LogP contribution in [0.3, 0.4) is 0 Å². The molecule has 20 heavy (non-hydrogen) atoms. The van der Waals surface area contributed by atoms with E-state index in [0.29, 0.717) is 0 Å². The first kappa shape index (κ1) is 13.6. The highest BCUT2D eigenvalue weighted by molar-refractivity contribution is 5.92. The molecule has 3 nitrogen and oxygen atoms in total. The van der Waals surface area contributed by atoms with Gasteiger partial charge in [-0.25, -0.2) is 0 Å². The lowest BCUT2D eigenvalue weighted by atomic mass is 9.89. The van der Waals surface area contributed by atoms with Gasteiger partial charge in [0.2, 0.25) is 5.91 Å². The Morgan fingerprint density at radius 1 is 1.35 bits per heavy atom. The Bertz CT molecular complexity index is 492. The molecule has 2 aliphatic rings. The van der Waals surface area contributed by atoms with Crippen molar-refractivity contribution in [2.24, 2.45) is 5.92 Å². The predicted octanol–water partition coefficient (Wildman–Crippen LogP) is 2.53. The van der Waals surface area contributed by atoms with Gasteiger partial charge in [0, 0.05) is 19.2 Å². The van der Waals surface area contributed by atoms with Crippen LogP contribution in [0.25, 0.3) is 0 Å². The molecule has 3 rings (SSSR count). The number of carbonyl (C=O) groups is 1. The lowest BCUT2D eigenvalue weighted by Crippen LogP contribution is -2.33. The van der Waals surface area contributed by atoms with Crippen molar-refractivity contribution in [3.05, 3.63) is 29.3 Å². The summed E-state index contributed by atoms with van der Waals surface area (Å²) in [6, 6.07) is 6.77. The van der Waals surface area contributed by atoms with E-state index in [2.05, 4.69) is 23.5 Å². The summed E-state index contributed by atoms with van der Waals surface area (Å²) in [5.41, 5.74) is 3.89. The third-order valence-corrected chi connectivity index (χ3v) is 4.63. The van der Waals surface area contributed by atoms with Gasteiger partial charge in [-0.15, -0.1) is 0 Å². The molecule has 2 aliphatic heterocycles. The average Bonchev–Trinajstić information content (AvgIpc) is 2.47. The van der Waals surface area contributed by atoms with Crippen molar-refractivity contribution in [3.8, 4) is 0 Å². The number of amides is 1. The van der Waals surface area contributed by atoms with Crippen LogP contribution in [0.4, 0.5) is 5.69 Å². The van der Waals surface area contributed by atoms with Crippen molar-refractivity contribution in [1.29, 1.82) is 0 Å². The number of anilines is 1. The molecule has 2 heterocycles. The molecule has 108 valence electrons. The number of piperidine rings is 1. The molecule has 3 heteroatoms. The van der Waals surface area contributed by atoms with Gasteiger partial charge in [0.15, 0.2) is 0 Å². The first-order chi connectivity index (χ1) is 9.74. The van der Waals surface area contributed by atoms with Crippen LogP contribution < -0.4 is 10.2 Å². The van der Waals surface area contributed by atoms with Gasteiger partial charge in [-0.1, -0.05) is 12.1 Å². The number of aryl methyl sites for hydroxylation is 1. The zero-order valence-electron chi connectivity index (χ0n) is 12.3. The van der Waals surface area contributed by atoms with Crippen molar-refractivity contribution in [3.63, 3.8) is 0 Å². The van der Waals surface area contributed by atoms with Gasteiger partial charge in [0.05, 0.1) is 0 Å². The standard InChI is InChI=1S/C17H24N2O/c1-13(20)19-10-2-3-16-5-4-15(12-17(16)19)11-14-6-8-18-9-7-14/h4-5,12,14,18H,2-3,6-11H2,1H3. The van der Waals surface area contributed by atoms with Crippen LogP contribution in [0.15, 0.2) is 18.2 Å². The van der Waals surface area contributed by atoms with Crippen molar-refractivity contribution in [2.75, 3.05) is 24.5 Å². The van der Waals surface area contributed by atoms with E-state index < -0.39 is 0 Å². The average molecular weight is 272 g/mol. The molecule has 1 aromatic rings. The highest BCUT2D eigenvalue weighted by Gasteiger charge is 2.21. The van der Waals surface area contributed by atoms with Crippen LogP contribution in [0.5, 0.6) is 0 Å². The van der Waals surface area contributed by atoms with Gasteiger partial charge >= 0.3 is 0 Å². The topological polar surface area (TPSA) is 32.3 Å². The fourth-order valence-corrected chi connectivity index (χ4v) is 3.49. The number of carbonyl (C=O) groups excluding carboxylic acids is 1. The lowest BCUT2D eigenvalue weighted by Gasteiger charge is -2.30. The summed E-state index contributed by atoms with van der Waals surface area (Å²) in [5.74, 6) is 0.966. The molecule has 1 fully saturated rings. The van der Waals surface area contributed by atoms with Gasteiger partial charge in [0.1, 0.15) is 0 Å². The Morgan fingerprint density at radius 2 is 2.15 bits per heavy atom. The lowest BCUT2D eigenvalue weighted by molar-refractivity contribution is -0.116. The number of rotatable bonds is 2. The minimum atomic E-state index is 0.171. The molecule has 0 atom stereocenters. The van der Waals surface area contributed by atoms with E-state index in [9.17, 15) is 4.79 Å². The van der Waals surface area contributed by atoms with Crippen LogP contribution >= 0.6 is 0 Å². The third kappa shape index (κ3) is 2.88. The maximum atomic E-state index is 11.8. The minimum absolute atomic E-state index is 0.171. The SMILES string of the molecule is CC(=O)N1CCCc2ccc(CC3CCNCC3)cc21. The molecule has 1 N–H and O–H groups in total. The zero-order valence-corrected chi connectivity index (χ0v) is 12.3. The van der Waals surface area contributed by atoms with Crippen molar-refractivity contribution in [1.82, 2.24) is 5.32 Å². The number of nitrogens with zero attached hydrogens (tertiary/aromatic N) is 1.